The molecule has 2 aromatic carbocycles. The summed E-state index contributed by atoms with van der Waals surface area (Å²) in [5, 5.41) is 3.48. The van der Waals surface area contributed by atoms with Crippen LogP contribution in [0.25, 0.3) is 6.08 Å². The number of nitrogens with zero attached hydrogens (tertiary/aromatic N) is 1. The van der Waals surface area contributed by atoms with E-state index >= 15 is 0 Å². The lowest BCUT2D eigenvalue weighted by atomic mass is 10.1. The molecule has 1 saturated carbocycles. The summed E-state index contributed by atoms with van der Waals surface area (Å²) >= 11 is 0. The Bertz CT molecular complexity index is 796. The molecule has 122 valence electrons. The first-order valence-corrected chi connectivity index (χ1v) is 8.27. The van der Waals surface area contributed by atoms with Crippen LogP contribution in [0.2, 0.25) is 0 Å². The number of hydrogen-bond acceptors (Lipinski definition) is 3. The lowest BCUT2D eigenvalue weighted by Gasteiger charge is -2.36. The number of ether oxygens (including phenoxy) is 1. The van der Waals surface area contributed by atoms with Gasteiger partial charge >= 0.3 is 0 Å². The van der Waals surface area contributed by atoms with E-state index in [2.05, 4.69) is 5.32 Å². The number of carbonyl (C=O) groups is 1. The van der Waals surface area contributed by atoms with Crippen LogP contribution in [0.1, 0.15) is 28.8 Å². The van der Waals surface area contributed by atoms with Gasteiger partial charge in [-0.25, -0.2) is 0 Å². The van der Waals surface area contributed by atoms with Crippen molar-refractivity contribution in [2.24, 2.45) is 0 Å². The number of carbonyl (C=O) groups excluding carboxylic acids is 1. The fourth-order valence-corrected chi connectivity index (χ4v) is 3.18. The molecule has 2 aliphatic rings. The highest BCUT2D eigenvalue weighted by molar-refractivity contribution is 6.02. The molecule has 4 nitrogen and oxygen atoms in total. The number of hydrogen-bond donors (Lipinski definition) is 1. The molecule has 4 rings (SSSR count). The van der Waals surface area contributed by atoms with Crippen LogP contribution in [-0.2, 0) is 0 Å². The van der Waals surface area contributed by atoms with Crippen LogP contribution in [0.15, 0.2) is 54.6 Å². The van der Waals surface area contributed by atoms with Gasteiger partial charge in [0.05, 0.1) is 12.7 Å². The average Bonchev–Trinajstić information content (AvgIpc) is 3.45. The van der Waals surface area contributed by atoms with Gasteiger partial charge in [-0.1, -0.05) is 36.4 Å². The summed E-state index contributed by atoms with van der Waals surface area (Å²) in [6.45, 7) is 0. The summed E-state index contributed by atoms with van der Waals surface area (Å²) in [6, 6.07) is 15.9. The molecule has 1 heterocycles. The van der Waals surface area contributed by atoms with Gasteiger partial charge in [-0.2, -0.15) is 0 Å². The Morgan fingerprint density at radius 1 is 1.12 bits per heavy atom. The fourth-order valence-electron chi connectivity index (χ4n) is 3.18. The Labute approximate surface area is 141 Å². The van der Waals surface area contributed by atoms with Gasteiger partial charge in [0.1, 0.15) is 11.9 Å². The van der Waals surface area contributed by atoms with E-state index in [1.54, 1.807) is 7.11 Å². The molecule has 1 aliphatic heterocycles. The van der Waals surface area contributed by atoms with Gasteiger partial charge in [0.15, 0.2) is 0 Å². The number of rotatable bonds is 4. The predicted molar refractivity (Wildman–Crippen MR) is 95.1 cm³/mol. The molecule has 1 amide bonds. The highest BCUT2D eigenvalue weighted by Gasteiger charge is 2.40. The molecular weight excluding hydrogens is 300 g/mol. The van der Waals surface area contributed by atoms with Crippen molar-refractivity contribution in [1.29, 1.82) is 0 Å². The molecule has 0 saturated heterocycles. The van der Waals surface area contributed by atoms with Crippen molar-refractivity contribution in [1.82, 2.24) is 4.90 Å². The highest BCUT2D eigenvalue weighted by Crippen LogP contribution is 2.35. The topological polar surface area (TPSA) is 41.6 Å². The highest BCUT2D eigenvalue weighted by atomic mass is 16.5. The second-order valence-corrected chi connectivity index (χ2v) is 6.18. The normalized spacial score (nSPS) is 20.0. The maximum absolute atomic E-state index is 12.9. The van der Waals surface area contributed by atoms with Crippen LogP contribution in [0.5, 0.6) is 5.75 Å². The Kier molecular flexibility index (Phi) is 3.73. The largest absolute Gasteiger partial charge is 0.496 e. The van der Waals surface area contributed by atoms with Crippen molar-refractivity contribution in [2.75, 3.05) is 12.4 Å². The molecule has 0 radical (unpaired) electrons. The first-order chi connectivity index (χ1) is 11.8. The third kappa shape index (κ3) is 2.64. The summed E-state index contributed by atoms with van der Waals surface area (Å²) in [7, 11) is 1.67. The smallest absolute Gasteiger partial charge is 0.258 e. The number of anilines is 1. The minimum absolute atomic E-state index is 0.113. The third-order valence-corrected chi connectivity index (χ3v) is 4.53. The summed E-state index contributed by atoms with van der Waals surface area (Å²) < 4.78 is 5.40. The van der Waals surface area contributed by atoms with E-state index in [-0.39, 0.29) is 12.1 Å². The SMILES string of the molecule is COc1ccccc1/C=C/C1Nc2ccccc2C(=O)N1C1CC1. The van der Waals surface area contributed by atoms with Crippen LogP contribution < -0.4 is 10.1 Å². The zero-order valence-corrected chi connectivity index (χ0v) is 13.6. The third-order valence-electron chi connectivity index (χ3n) is 4.53. The van der Waals surface area contributed by atoms with E-state index in [4.69, 9.17) is 4.74 Å². The van der Waals surface area contributed by atoms with Gasteiger partial charge in [0.2, 0.25) is 0 Å². The Hall–Kier alpha value is -2.75. The summed E-state index contributed by atoms with van der Waals surface area (Å²) in [6.07, 6.45) is 6.09. The molecule has 2 aromatic rings. The van der Waals surface area contributed by atoms with Crippen molar-refractivity contribution >= 4 is 17.7 Å². The summed E-state index contributed by atoms with van der Waals surface area (Å²) in [5.74, 6) is 0.941. The number of benzene rings is 2. The number of para-hydroxylation sites is 2. The first-order valence-electron chi connectivity index (χ1n) is 8.27. The second-order valence-electron chi connectivity index (χ2n) is 6.18. The zero-order chi connectivity index (χ0) is 16.5. The maximum Gasteiger partial charge on any atom is 0.258 e. The fraction of sp³-hybridized carbons (Fsp3) is 0.250. The molecule has 4 heteroatoms. The lowest BCUT2D eigenvalue weighted by Crippen LogP contribution is -2.48. The zero-order valence-electron chi connectivity index (χ0n) is 13.6. The molecule has 24 heavy (non-hydrogen) atoms. The Balaban J connectivity index is 1.66. The van der Waals surface area contributed by atoms with Crippen LogP contribution >= 0.6 is 0 Å². The van der Waals surface area contributed by atoms with Crippen molar-refractivity contribution < 1.29 is 9.53 Å². The molecule has 1 aliphatic carbocycles. The van der Waals surface area contributed by atoms with E-state index in [1.165, 1.54) is 0 Å². The first kappa shape index (κ1) is 14.8. The van der Waals surface area contributed by atoms with Crippen LogP contribution in [0.4, 0.5) is 5.69 Å². The van der Waals surface area contributed by atoms with Gasteiger partial charge in [0, 0.05) is 17.3 Å². The van der Waals surface area contributed by atoms with Gasteiger partial charge in [0.25, 0.3) is 5.91 Å². The second kappa shape index (κ2) is 6.04. The van der Waals surface area contributed by atoms with E-state index in [0.717, 1.165) is 35.4 Å². The predicted octanol–water partition coefficient (Wildman–Crippen LogP) is 3.76. The van der Waals surface area contributed by atoms with E-state index in [0.29, 0.717) is 6.04 Å². The van der Waals surface area contributed by atoms with E-state index in [1.807, 2.05) is 65.6 Å². The Morgan fingerprint density at radius 3 is 2.67 bits per heavy atom. The Morgan fingerprint density at radius 2 is 1.88 bits per heavy atom. The van der Waals surface area contributed by atoms with Crippen molar-refractivity contribution in [3.8, 4) is 5.75 Å². The molecule has 1 N–H and O–H groups in total. The number of fused-ring (bicyclic) bond motifs is 1. The number of methoxy groups -OCH3 is 1. The van der Waals surface area contributed by atoms with Gasteiger partial charge in [-0.3, -0.25) is 4.79 Å². The van der Waals surface area contributed by atoms with E-state index in [9.17, 15) is 4.79 Å². The molecule has 1 atom stereocenters. The van der Waals surface area contributed by atoms with Gasteiger partial charge in [-0.15, -0.1) is 0 Å². The molecule has 0 spiro atoms. The number of amides is 1. The van der Waals surface area contributed by atoms with Crippen LogP contribution in [0.3, 0.4) is 0 Å². The van der Waals surface area contributed by atoms with Crippen molar-refractivity contribution in [3.05, 3.63) is 65.7 Å². The van der Waals surface area contributed by atoms with Crippen LogP contribution in [-0.4, -0.2) is 30.1 Å². The molecule has 0 aromatic heterocycles. The summed E-state index contributed by atoms with van der Waals surface area (Å²) in [5.41, 5.74) is 2.66. The standard InChI is InChI=1S/C20H20N2O2/c1-24-18-9-5-2-6-14(18)10-13-19-21-17-8-4-3-7-16(17)20(23)22(19)15-11-12-15/h2-10,13,15,19,21H,11-12H2,1H3/b13-10+. The molecule has 1 unspecified atom stereocenters. The maximum atomic E-state index is 12.9. The number of nitrogens with one attached hydrogen (secondary N) is 1. The van der Waals surface area contributed by atoms with E-state index < -0.39 is 0 Å². The van der Waals surface area contributed by atoms with Crippen LogP contribution in [0, 0.1) is 0 Å². The lowest BCUT2D eigenvalue weighted by molar-refractivity contribution is 0.0703. The molecule has 0 bridgehead atoms. The molecular formula is C20H20N2O2. The van der Waals surface area contributed by atoms with Crippen molar-refractivity contribution in [3.63, 3.8) is 0 Å². The minimum Gasteiger partial charge on any atom is -0.496 e. The summed E-state index contributed by atoms with van der Waals surface area (Å²) in [4.78, 5) is 14.8. The monoisotopic (exact) mass is 320 g/mol. The van der Waals surface area contributed by atoms with Gasteiger partial charge in [-0.05, 0) is 37.1 Å². The quantitative estimate of drug-likeness (QED) is 0.932. The minimum atomic E-state index is -0.134. The van der Waals surface area contributed by atoms with Gasteiger partial charge < -0.3 is 15.0 Å². The van der Waals surface area contributed by atoms with Crippen molar-refractivity contribution in [2.45, 2.75) is 25.0 Å². The molecule has 1 fully saturated rings. The average molecular weight is 320 g/mol.